The predicted molar refractivity (Wildman–Crippen MR) is 120 cm³/mol. The lowest BCUT2D eigenvalue weighted by molar-refractivity contribution is 0.531. The Morgan fingerprint density at radius 2 is 1.03 bits per heavy atom. The van der Waals surface area contributed by atoms with E-state index in [-0.39, 0.29) is 21.9 Å². The van der Waals surface area contributed by atoms with Gasteiger partial charge in [0.2, 0.25) is 0 Å². The maximum atomic E-state index is 12.8. The summed E-state index contributed by atoms with van der Waals surface area (Å²) in [6.07, 6.45) is 0. The van der Waals surface area contributed by atoms with Crippen molar-refractivity contribution in [2.45, 2.75) is 9.79 Å². The number of benzene rings is 2. The lowest BCUT2D eigenvalue weighted by Crippen LogP contribution is -2.25. The fraction of sp³-hybridized carbons (Fsp3) is 0.0526. The van der Waals surface area contributed by atoms with E-state index < -0.39 is 45.8 Å². The van der Waals surface area contributed by atoms with Crippen LogP contribution in [0.4, 0.5) is 0 Å². The zero-order chi connectivity index (χ0) is 22.6. The largest absolute Gasteiger partial charge is 0.422 e. The Morgan fingerprint density at radius 3 is 1.42 bits per heavy atom. The Morgan fingerprint density at radius 1 is 0.645 bits per heavy atom. The molecule has 0 saturated carbocycles. The van der Waals surface area contributed by atoms with Crippen LogP contribution < -0.4 is 11.3 Å². The summed E-state index contributed by atoms with van der Waals surface area (Å²) in [6.45, 7) is 0. The molecule has 12 heteroatoms. The van der Waals surface area contributed by atoms with Gasteiger partial charge < -0.3 is 8.83 Å². The average Bonchev–Trinajstić information content (AvgIpc) is 2.66. The Balaban J connectivity index is 1.83. The number of fused-ring (bicyclic) bond motifs is 2. The highest BCUT2D eigenvalue weighted by Gasteiger charge is 2.31. The first-order chi connectivity index (χ1) is 14.5. The van der Waals surface area contributed by atoms with Gasteiger partial charge in [-0.3, -0.25) is 0 Å². The fourth-order valence-electron chi connectivity index (χ4n) is 2.92. The molecule has 0 bridgehead atoms. The molecule has 160 valence electrons. The van der Waals surface area contributed by atoms with Gasteiger partial charge in [-0.15, -0.1) is 0 Å². The number of halogens is 2. The topological polar surface area (TPSA) is 129 Å². The molecule has 4 rings (SSSR count). The first-order valence-corrected chi connectivity index (χ1v) is 13.3. The lowest BCUT2D eigenvalue weighted by Gasteiger charge is -2.07. The Kier molecular flexibility index (Phi) is 5.44. The van der Waals surface area contributed by atoms with E-state index >= 15 is 0 Å². The van der Waals surface area contributed by atoms with Crippen molar-refractivity contribution in [2.75, 3.05) is 5.08 Å². The summed E-state index contributed by atoms with van der Waals surface area (Å²) in [5.41, 5.74) is -2.15. The van der Waals surface area contributed by atoms with Gasteiger partial charge in [-0.1, -0.05) is 31.9 Å². The monoisotopic (exact) mass is 588 g/mol. The number of hydrogen-bond acceptors (Lipinski definition) is 8. The van der Waals surface area contributed by atoms with E-state index in [1.54, 1.807) is 12.1 Å². The maximum Gasteiger partial charge on any atom is 0.355 e. The van der Waals surface area contributed by atoms with Crippen LogP contribution in [0.2, 0.25) is 0 Å². The van der Waals surface area contributed by atoms with Crippen LogP contribution in [0.1, 0.15) is 0 Å². The van der Waals surface area contributed by atoms with Gasteiger partial charge >= 0.3 is 11.3 Å². The maximum absolute atomic E-state index is 12.8. The first-order valence-electron chi connectivity index (χ1n) is 8.39. The van der Waals surface area contributed by atoms with Gasteiger partial charge in [0.15, 0.2) is 34.6 Å². The molecule has 0 amide bonds. The zero-order valence-corrected chi connectivity index (χ0v) is 20.0. The van der Waals surface area contributed by atoms with Crippen molar-refractivity contribution >= 4 is 73.5 Å². The summed E-state index contributed by atoms with van der Waals surface area (Å²) in [7, 11) is -9.36. The molecule has 2 aromatic carbocycles. The molecular formula is C19H10Br2O8S2. The van der Waals surface area contributed by atoms with Crippen LogP contribution in [-0.2, 0) is 19.7 Å². The van der Waals surface area contributed by atoms with Gasteiger partial charge in [0.05, 0.1) is 0 Å². The van der Waals surface area contributed by atoms with Crippen molar-refractivity contribution in [2.24, 2.45) is 0 Å². The van der Waals surface area contributed by atoms with Crippen LogP contribution in [0.3, 0.4) is 0 Å². The van der Waals surface area contributed by atoms with Crippen molar-refractivity contribution in [3.05, 3.63) is 78.3 Å². The second-order valence-corrected chi connectivity index (χ2v) is 12.6. The molecule has 0 N–H and O–H groups in total. The van der Waals surface area contributed by atoms with Gasteiger partial charge in [-0.05, 0) is 48.5 Å². The van der Waals surface area contributed by atoms with Crippen molar-refractivity contribution in [1.82, 2.24) is 0 Å². The van der Waals surface area contributed by atoms with Crippen LogP contribution in [0, 0.1) is 0 Å². The van der Waals surface area contributed by atoms with Gasteiger partial charge in [0.1, 0.15) is 11.2 Å². The summed E-state index contributed by atoms with van der Waals surface area (Å²) in [6, 6.07) is 11.2. The summed E-state index contributed by atoms with van der Waals surface area (Å²) < 4.78 is 62.5. The third-order valence-corrected chi connectivity index (χ3v) is 9.68. The smallest absolute Gasteiger partial charge is 0.355 e. The minimum absolute atomic E-state index is 0.135. The van der Waals surface area contributed by atoms with Gasteiger partial charge in [-0.25, -0.2) is 26.4 Å². The van der Waals surface area contributed by atoms with E-state index in [4.69, 9.17) is 8.83 Å². The molecule has 0 unspecified atom stereocenters. The Hall–Kier alpha value is -2.28. The highest BCUT2D eigenvalue weighted by Crippen LogP contribution is 2.24. The zero-order valence-electron chi connectivity index (χ0n) is 15.2. The second-order valence-electron chi connectivity index (χ2n) is 6.51. The average molecular weight is 590 g/mol. The van der Waals surface area contributed by atoms with E-state index in [1.165, 1.54) is 24.3 Å². The quantitative estimate of drug-likeness (QED) is 0.330. The van der Waals surface area contributed by atoms with Crippen molar-refractivity contribution < 1.29 is 25.7 Å². The van der Waals surface area contributed by atoms with Crippen LogP contribution >= 0.6 is 31.9 Å². The predicted octanol–water partition coefficient (Wildman–Crippen LogP) is 3.63. The minimum atomic E-state index is -4.68. The van der Waals surface area contributed by atoms with Crippen LogP contribution in [0.15, 0.2) is 85.7 Å². The molecule has 2 aromatic heterocycles. The highest BCUT2D eigenvalue weighted by atomic mass is 79.9. The Bertz CT molecular complexity index is 1570. The lowest BCUT2D eigenvalue weighted by atomic mass is 10.2. The van der Waals surface area contributed by atoms with Crippen molar-refractivity contribution in [3.8, 4) is 0 Å². The normalized spacial score (nSPS) is 12.5. The molecule has 0 spiro atoms. The highest BCUT2D eigenvalue weighted by molar-refractivity contribution is 9.10. The third-order valence-electron chi connectivity index (χ3n) is 4.30. The van der Waals surface area contributed by atoms with Gasteiger partial charge in [-0.2, -0.15) is 0 Å². The van der Waals surface area contributed by atoms with E-state index in [0.29, 0.717) is 8.95 Å². The first kappa shape index (κ1) is 21.9. The molecule has 0 fully saturated rings. The molecule has 0 aliphatic heterocycles. The summed E-state index contributed by atoms with van der Waals surface area (Å²) in [4.78, 5) is 22.8. The SMILES string of the molecule is O=c1oc2ccc(Br)cc2cc1S(=O)(=O)CS(=O)(=O)c1cc2cc(Br)ccc2oc1=O. The summed E-state index contributed by atoms with van der Waals surface area (Å²) >= 11 is 6.45. The summed E-state index contributed by atoms with van der Waals surface area (Å²) in [5, 5.41) is -0.950. The van der Waals surface area contributed by atoms with Crippen molar-refractivity contribution in [3.63, 3.8) is 0 Å². The molecule has 0 aliphatic carbocycles. The van der Waals surface area contributed by atoms with Crippen LogP contribution in [-0.4, -0.2) is 21.9 Å². The van der Waals surface area contributed by atoms with Crippen LogP contribution in [0.25, 0.3) is 21.9 Å². The molecule has 0 saturated heterocycles. The number of hydrogen-bond donors (Lipinski definition) is 0. The molecule has 8 nitrogen and oxygen atoms in total. The number of rotatable bonds is 4. The molecule has 4 aromatic rings. The summed E-state index contributed by atoms with van der Waals surface area (Å²) in [5.74, 6) is 0. The fourth-order valence-corrected chi connectivity index (χ4v) is 7.53. The standard InChI is InChI=1S/C19H10Br2O8S2/c20-12-1-3-14-10(5-12)7-16(18(22)28-14)30(24,25)9-31(26,27)17-8-11-6-13(21)2-4-15(11)29-19(17)23/h1-8H,9H2. The molecular weight excluding hydrogens is 580 g/mol. The molecule has 0 aliphatic rings. The minimum Gasteiger partial charge on any atom is -0.422 e. The third kappa shape index (κ3) is 4.25. The molecule has 0 atom stereocenters. The van der Waals surface area contributed by atoms with Gasteiger partial charge in [0.25, 0.3) is 0 Å². The van der Waals surface area contributed by atoms with E-state index in [9.17, 15) is 26.4 Å². The van der Waals surface area contributed by atoms with E-state index in [2.05, 4.69) is 31.9 Å². The van der Waals surface area contributed by atoms with Crippen molar-refractivity contribution in [1.29, 1.82) is 0 Å². The Labute approximate surface area is 191 Å². The molecule has 31 heavy (non-hydrogen) atoms. The van der Waals surface area contributed by atoms with E-state index in [1.807, 2.05) is 0 Å². The van der Waals surface area contributed by atoms with Gasteiger partial charge in [0, 0.05) is 19.7 Å². The van der Waals surface area contributed by atoms with Crippen LogP contribution in [0.5, 0.6) is 0 Å². The molecule has 2 heterocycles. The van der Waals surface area contributed by atoms with E-state index in [0.717, 1.165) is 12.1 Å². The molecule has 0 radical (unpaired) electrons. The number of sulfone groups is 2. The second kappa shape index (κ2) is 7.69.